The van der Waals surface area contributed by atoms with Gasteiger partial charge in [0, 0.05) is 6.42 Å². The maximum absolute atomic E-state index is 11.5. The van der Waals surface area contributed by atoms with E-state index in [1.807, 2.05) is 0 Å². The molecule has 0 aliphatic heterocycles. The van der Waals surface area contributed by atoms with Gasteiger partial charge in [-0.25, -0.2) is 4.79 Å². The van der Waals surface area contributed by atoms with Crippen LogP contribution >= 0.6 is 0 Å². The molecule has 72 valence electrons. The van der Waals surface area contributed by atoms with Gasteiger partial charge < -0.3 is 10.2 Å². The third-order valence-electron chi connectivity index (χ3n) is 1.10. The number of aliphatic hydroxyl groups is 1. The number of hydrogen-bond donors (Lipinski definition) is 2. The zero-order chi connectivity index (χ0) is 10.3. The molecule has 0 radical (unpaired) electrons. The van der Waals surface area contributed by atoms with E-state index in [1.54, 1.807) is 0 Å². The van der Waals surface area contributed by atoms with Crippen molar-refractivity contribution in [2.45, 2.75) is 6.42 Å². The Bertz CT molecular complexity index is 255. The smallest absolute Gasteiger partial charge is 0.370 e. The highest BCUT2D eigenvalue weighted by Crippen LogP contribution is 1.91. The molecule has 0 unspecified atom stereocenters. The Labute approximate surface area is 74.0 Å². The summed E-state index contributed by atoms with van der Waals surface area (Å²) in [6.07, 6.45) is 2.66. The Kier molecular flexibility index (Phi) is 5.18. The van der Waals surface area contributed by atoms with Crippen LogP contribution in [0.15, 0.2) is 24.0 Å². The molecule has 0 aliphatic rings. The maximum Gasteiger partial charge on any atom is 0.370 e. The average molecular weight is 188 g/mol. The first-order valence-electron chi connectivity index (χ1n) is 3.47. The molecule has 0 fully saturated rings. The molecule has 0 bridgehead atoms. The van der Waals surface area contributed by atoms with Crippen LogP contribution in [0.4, 0.5) is 4.39 Å². The predicted octanol–water partition coefficient (Wildman–Crippen LogP) is 0.998. The van der Waals surface area contributed by atoms with Gasteiger partial charge in [0.2, 0.25) is 5.76 Å². The first-order valence-corrected chi connectivity index (χ1v) is 3.47. The van der Waals surface area contributed by atoms with Gasteiger partial charge in [-0.2, -0.15) is 0 Å². The molecule has 0 aliphatic carbocycles. The lowest BCUT2D eigenvalue weighted by molar-refractivity contribution is -0.135. The largest absolute Gasteiger partial charge is 0.502 e. The van der Waals surface area contributed by atoms with E-state index in [1.165, 1.54) is 0 Å². The highest BCUT2D eigenvalue weighted by atomic mass is 19.1. The summed E-state index contributed by atoms with van der Waals surface area (Å²) in [6, 6.07) is 0. The minimum atomic E-state index is -1.48. The first-order chi connectivity index (χ1) is 6.07. The maximum atomic E-state index is 11.5. The van der Waals surface area contributed by atoms with Gasteiger partial charge in [0.1, 0.15) is 0 Å². The van der Waals surface area contributed by atoms with Gasteiger partial charge in [-0.15, -0.1) is 0 Å². The molecule has 0 rings (SSSR count). The Morgan fingerprint density at radius 3 is 2.38 bits per heavy atom. The Morgan fingerprint density at radius 1 is 1.31 bits per heavy atom. The van der Waals surface area contributed by atoms with Crippen molar-refractivity contribution in [1.29, 1.82) is 0 Å². The summed E-state index contributed by atoms with van der Waals surface area (Å²) in [5.74, 6) is -2.82. The summed E-state index contributed by atoms with van der Waals surface area (Å²) < 4.78 is 11.5. The zero-order valence-electron chi connectivity index (χ0n) is 6.74. The molecular formula is C8H9FO4. The fourth-order valence-corrected chi connectivity index (χ4v) is 0.494. The van der Waals surface area contributed by atoms with Crippen LogP contribution in [0.1, 0.15) is 6.42 Å². The van der Waals surface area contributed by atoms with Gasteiger partial charge in [-0.05, 0) is 12.2 Å². The first kappa shape index (κ1) is 11.4. The van der Waals surface area contributed by atoms with Crippen LogP contribution in [0, 0.1) is 0 Å². The molecule has 0 aromatic heterocycles. The van der Waals surface area contributed by atoms with Crippen molar-refractivity contribution in [2.75, 3.05) is 6.67 Å². The molecule has 0 aromatic carbocycles. The van der Waals surface area contributed by atoms with Gasteiger partial charge in [0.15, 0.2) is 5.78 Å². The molecule has 0 atom stereocenters. The predicted molar refractivity (Wildman–Crippen MR) is 43.1 cm³/mol. The highest BCUT2D eigenvalue weighted by Gasteiger charge is 2.00. The number of aliphatic carboxylic acids is 1. The third kappa shape index (κ3) is 5.60. The Balaban J connectivity index is 4.07. The van der Waals surface area contributed by atoms with Crippen molar-refractivity contribution < 1.29 is 24.2 Å². The van der Waals surface area contributed by atoms with Crippen molar-refractivity contribution >= 4 is 11.8 Å². The Hall–Kier alpha value is -1.65. The van der Waals surface area contributed by atoms with E-state index >= 15 is 0 Å². The van der Waals surface area contributed by atoms with E-state index in [2.05, 4.69) is 0 Å². The number of hydrogen-bond acceptors (Lipinski definition) is 3. The standard InChI is InChI=1S/C8H9FO4/c9-5-4-6(10)2-1-3-7(11)8(12)13/h1-3,11H,4-5H2,(H,12,13). The Morgan fingerprint density at radius 2 is 1.92 bits per heavy atom. The summed E-state index contributed by atoms with van der Waals surface area (Å²) in [4.78, 5) is 20.6. The molecule has 13 heavy (non-hydrogen) atoms. The lowest BCUT2D eigenvalue weighted by atomic mass is 10.2. The molecule has 0 saturated carbocycles. The number of alkyl halides is 1. The number of carboxylic acid groups (broad SMARTS) is 1. The summed E-state index contributed by atoms with van der Waals surface area (Å²) in [7, 11) is 0. The molecule has 0 aromatic rings. The van der Waals surface area contributed by atoms with Crippen molar-refractivity contribution in [3.05, 3.63) is 24.0 Å². The van der Waals surface area contributed by atoms with E-state index in [0.717, 1.165) is 18.2 Å². The molecule has 5 heteroatoms. The molecule has 0 amide bonds. The van der Waals surface area contributed by atoms with E-state index in [-0.39, 0.29) is 6.42 Å². The number of aliphatic hydroxyl groups excluding tert-OH is 1. The summed E-state index contributed by atoms with van der Waals surface area (Å²) in [6.45, 7) is -0.752. The quantitative estimate of drug-likeness (QED) is 0.383. The average Bonchev–Trinajstić information content (AvgIpc) is 2.04. The fourth-order valence-electron chi connectivity index (χ4n) is 0.494. The van der Waals surface area contributed by atoms with E-state index in [0.29, 0.717) is 0 Å². The van der Waals surface area contributed by atoms with Crippen molar-refractivity contribution in [3.63, 3.8) is 0 Å². The highest BCUT2D eigenvalue weighted by molar-refractivity contribution is 5.90. The molecule has 0 heterocycles. The number of allylic oxidation sites excluding steroid dienone is 3. The molecule has 0 spiro atoms. The minimum absolute atomic E-state index is 0.238. The van der Waals surface area contributed by atoms with Crippen LogP contribution in [0.5, 0.6) is 0 Å². The number of carbonyl (C=O) groups excluding carboxylic acids is 1. The van der Waals surface area contributed by atoms with Crippen molar-refractivity contribution in [2.24, 2.45) is 0 Å². The van der Waals surface area contributed by atoms with Gasteiger partial charge in [0.25, 0.3) is 0 Å². The molecule has 2 N–H and O–H groups in total. The number of rotatable bonds is 5. The lowest BCUT2D eigenvalue weighted by Crippen LogP contribution is -1.98. The fraction of sp³-hybridized carbons (Fsp3) is 0.250. The summed E-state index contributed by atoms with van der Waals surface area (Å²) >= 11 is 0. The van der Waals surface area contributed by atoms with Crippen LogP contribution in [-0.4, -0.2) is 28.6 Å². The number of ketones is 1. The van der Waals surface area contributed by atoms with E-state index in [9.17, 15) is 14.0 Å². The number of carbonyl (C=O) groups is 2. The number of halogens is 1. The second-order valence-corrected chi connectivity index (χ2v) is 2.12. The van der Waals surface area contributed by atoms with Gasteiger partial charge in [-0.3, -0.25) is 9.18 Å². The van der Waals surface area contributed by atoms with Crippen LogP contribution in [-0.2, 0) is 9.59 Å². The van der Waals surface area contributed by atoms with Crippen molar-refractivity contribution in [1.82, 2.24) is 0 Å². The van der Waals surface area contributed by atoms with Crippen LogP contribution < -0.4 is 0 Å². The second-order valence-electron chi connectivity index (χ2n) is 2.12. The SMILES string of the molecule is O=C(C=CC=C(O)C(=O)O)CCF. The monoisotopic (exact) mass is 188 g/mol. The summed E-state index contributed by atoms with van der Waals surface area (Å²) in [5, 5.41) is 16.7. The van der Waals surface area contributed by atoms with Crippen LogP contribution in [0.2, 0.25) is 0 Å². The topological polar surface area (TPSA) is 74.6 Å². The van der Waals surface area contributed by atoms with Crippen molar-refractivity contribution in [3.8, 4) is 0 Å². The normalized spacial score (nSPS) is 11.9. The summed E-state index contributed by atoms with van der Waals surface area (Å²) in [5.41, 5.74) is 0. The van der Waals surface area contributed by atoms with Gasteiger partial charge in [-0.1, -0.05) is 6.08 Å². The van der Waals surface area contributed by atoms with E-state index in [4.69, 9.17) is 10.2 Å². The van der Waals surface area contributed by atoms with E-state index < -0.39 is 24.2 Å². The molecular weight excluding hydrogens is 179 g/mol. The zero-order valence-corrected chi connectivity index (χ0v) is 6.74. The number of carboxylic acids is 1. The van der Waals surface area contributed by atoms with Gasteiger partial charge in [0.05, 0.1) is 6.67 Å². The second kappa shape index (κ2) is 5.93. The van der Waals surface area contributed by atoms with Crippen LogP contribution in [0.3, 0.4) is 0 Å². The third-order valence-corrected chi connectivity index (χ3v) is 1.10. The van der Waals surface area contributed by atoms with Crippen LogP contribution in [0.25, 0.3) is 0 Å². The lowest BCUT2D eigenvalue weighted by Gasteiger charge is -1.87. The molecule has 0 saturated heterocycles. The molecule has 4 nitrogen and oxygen atoms in total. The van der Waals surface area contributed by atoms with Gasteiger partial charge >= 0.3 is 5.97 Å². The minimum Gasteiger partial charge on any atom is -0.502 e.